The van der Waals surface area contributed by atoms with Crippen molar-refractivity contribution in [1.29, 1.82) is 0 Å². The third-order valence-electron chi connectivity index (χ3n) is 4.22. The van der Waals surface area contributed by atoms with E-state index in [2.05, 4.69) is 18.7 Å². The number of carbonyl (C=O) groups excluding carboxylic acids is 1. The number of carbonyl (C=O) groups is 1. The summed E-state index contributed by atoms with van der Waals surface area (Å²) in [6.45, 7) is 7.99. The lowest BCUT2D eigenvalue weighted by Gasteiger charge is -2.41. The third kappa shape index (κ3) is 4.16. The first-order valence-corrected chi connectivity index (χ1v) is 6.96. The third-order valence-corrected chi connectivity index (χ3v) is 4.22. The van der Waals surface area contributed by atoms with Crippen molar-refractivity contribution in [2.75, 3.05) is 27.3 Å². The summed E-state index contributed by atoms with van der Waals surface area (Å²) < 4.78 is 10.3. The Labute approximate surface area is 116 Å². The zero-order valence-corrected chi connectivity index (χ0v) is 12.8. The molecule has 0 spiro atoms. The lowest BCUT2D eigenvalue weighted by atomic mass is 9.90. The van der Waals surface area contributed by atoms with Crippen LogP contribution in [-0.4, -0.2) is 55.9 Å². The Morgan fingerprint density at radius 2 is 2.16 bits per heavy atom. The topological polar surface area (TPSA) is 64.8 Å². The van der Waals surface area contributed by atoms with Crippen LogP contribution in [0.4, 0.5) is 0 Å². The molecule has 0 saturated carbocycles. The van der Waals surface area contributed by atoms with Crippen LogP contribution in [0.15, 0.2) is 0 Å². The van der Waals surface area contributed by atoms with Gasteiger partial charge in [-0.3, -0.25) is 9.69 Å². The van der Waals surface area contributed by atoms with E-state index in [0.717, 1.165) is 19.5 Å². The minimum atomic E-state index is -0.931. The van der Waals surface area contributed by atoms with Crippen LogP contribution in [-0.2, 0) is 14.3 Å². The summed E-state index contributed by atoms with van der Waals surface area (Å²) in [7, 11) is 3.14. The van der Waals surface area contributed by atoms with Gasteiger partial charge in [-0.05, 0) is 39.2 Å². The Kier molecular flexibility index (Phi) is 5.77. The zero-order chi connectivity index (χ0) is 14.6. The fourth-order valence-corrected chi connectivity index (χ4v) is 2.82. The van der Waals surface area contributed by atoms with E-state index in [1.165, 1.54) is 7.11 Å². The fourth-order valence-electron chi connectivity index (χ4n) is 2.82. The highest BCUT2D eigenvalue weighted by Crippen LogP contribution is 2.24. The number of rotatable bonds is 5. The molecule has 2 N–H and O–H groups in total. The molecule has 1 saturated heterocycles. The number of nitrogens with two attached hydrogens (primary N) is 1. The molecule has 0 aromatic heterocycles. The first kappa shape index (κ1) is 16.4. The van der Waals surface area contributed by atoms with E-state index in [9.17, 15) is 4.79 Å². The number of esters is 1. The van der Waals surface area contributed by atoms with Crippen LogP contribution in [0.25, 0.3) is 0 Å². The molecular formula is C14H28N2O3. The SMILES string of the molecule is COC(=O)C(C)(N)CC(C)N1CCC(C)C(OC)C1. The highest BCUT2D eigenvalue weighted by Gasteiger charge is 2.35. The molecule has 1 aliphatic heterocycles. The fraction of sp³-hybridized carbons (Fsp3) is 0.929. The molecule has 0 aliphatic carbocycles. The van der Waals surface area contributed by atoms with E-state index in [0.29, 0.717) is 12.3 Å². The summed E-state index contributed by atoms with van der Waals surface area (Å²) in [6, 6.07) is 0.235. The maximum absolute atomic E-state index is 11.6. The second kappa shape index (κ2) is 6.68. The summed E-state index contributed by atoms with van der Waals surface area (Å²) in [5, 5.41) is 0. The molecule has 1 rings (SSSR count). The maximum Gasteiger partial charge on any atom is 0.325 e. The molecule has 0 aromatic carbocycles. The maximum atomic E-state index is 11.6. The number of piperidine rings is 1. The van der Waals surface area contributed by atoms with Gasteiger partial charge in [-0.1, -0.05) is 6.92 Å². The van der Waals surface area contributed by atoms with Crippen molar-refractivity contribution in [3.8, 4) is 0 Å². The molecular weight excluding hydrogens is 244 g/mol. The monoisotopic (exact) mass is 272 g/mol. The summed E-state index contributed by atoms with van der Waals surface area (Å²) in [4.78, 5) is 14.0. The second-order valence-corrected chi connectivity index (χ2v) is 6.00. The van der Waals surface area contributed by atoms with Crippen molar-refractivity contribution in [3.05, 3.63) is 0 Å². The van der Waals surface area contributed by atoms with Crippen molar-refractivity contribution < 1.29 is 14.3 Å². The molecule has 19 heavy (non-hydrogen) atoms. The molecule has 4 unspecified atom stereocenters. The van der Waals surface area contributed by atoms with E-state index in [4.69, 9.17) is 15.2 Å². The van der Waals surface area contributed by atoms with Crippen LogP contribution in [0.3, 0.4) is 0 Å². The molecule has 0 radical (unpaired) electrons. The molecule has 1 aliphatic rings. The summed E-state index contributed by atoms with van der Waals surface area (Å²) in [5.41, 5.74) is 5.11. The van der Waals surface area contributed by atoms with Gasteiger partial charge in [0.05, 0.1) is 13.2 Å². The minimum absolute atomic E-state index is 0.235. The van der Waals surface area contributed by atoms with Gasteiger partial charge in [0, 0.05) is 19.7 Å². The number of ether oxygens (including phenoxy) is 2. The van der Waals surface area contributed by atoms with Gasteiger partial charge in [0.15, 0.2) is 0 Å². The number of likely N-dealkylation sites (tertiary alicyclic amines) is 1. The molecule has 1 fully saturated rings. The standard InChI is InChI=1S/C14H28N2O3/c1-10-6-7-16(9-12(10)18-4)11(2)8-14(3,15)13(17)19-5/h10-12H,6-9,15H2,1-5H3. The number of hydrogen-bond donors (Lipinski definition) is 1. The lowest BCUT2D eigenvalue weighted by molar-refractivity contribution is -0.147. The summed E-state index contributed by atoms with van der Waals surface area (Å²) in [6.07, 6.45) is 1.96. The van der Waals surface area contributed by atoms with E-state index >= 15 is 0 Å². The van der Waals surface area contributed by atoms with E-state index in [1.807, 2.05) is 0 Å². The predicted octanol–water partition coefficient (Wildman–Crippen LogP) is 1.01. The molecule has 0 amide bonds. The molecule has 1 heterocycles. The van der Waals surface area contributed by atoms with Crippen molar-refractivity contribution in [3.63, 3.8) is 0 Å². The zero-order valence-electron chi connectivity index (χ0n) is 12.8. The predicted molar refractivity (Wildman–Crippen MR) is 74.8 cm³/mol. The Hall–Kier alpha value is -0.650. The first-order chi connectivity index (χ1) is 8.81. The van der Waals surface area contributed by atoms with Crippen LogP contribution >= 0.6 is 0 Å². The van der Waals surface area contributed by atoms with Gasteiger partial charge in [0.2, 0.25) is 0 Å². The van der Waals surface area contributed by atoms with E-state index < -0.39 is 5.54 Å². The Morgan fingerprint density at radius 1 is 1.53 bits per heavy atom. The minimum Gasteiger partial charge on any atom is -0.468 e. The largest absolute Gasteiger partial charge is 0.468 e. The van der Waals surface area contributed by atoms with Crippen molar-refractivity contribution in [2.45, 2.75) is 51.3 Å². The first-order valence-electron chi connectivity index (χ1n) is 6.96. The van der Waals surface area contributed by atoms with Gasteiger partial charge >= 0.3 is 5.97 Å². The van der Waals surface area contributed by atoms with Crippen molar-refractivity contribution >= 4 is 5.97 Å². The average molecular weight is 272 g/mol. The van der Waals surface area contributed by atoms with Crippen molar-refractivity contribution in [1.82, 2.24) is 4.90 Å². The molecule has 4 atom stereocenters. The Bertz CT molecular complexity index is 307. The smallest absolute Gasteiger partial charge is 0.325 e. The van der Waals surface area contributed by atoms with Crippen LogP contribution in [0.2, 0.25) is 0 Å². The Morgan fingerprint density at radius 3 is 2.68 bits per heavy atom. The molecule has 5 heteroatoms. The van der Waals surface area contributed by atoms with Gasteiger partial charge < -0.3 is 15.2 Å². The number of nitrogens with zero attached hydrogens (tertiary/aromatic N) is 1. The van der Waals surface area contributed by atoms with Gasteiger partial charge in [0.25, 0.3) is 0 Å². The van der Waals surface area contributed by atoms with Gasteiger partial charge in [-0.15, -0.1) is 0 Å². The quantitative estimate of drug-likeness (QED) is 0.757. The van der Waals surface area contributed by atoms with Crippen LogP contribution in [0, 0.1) is 5.92 Å². The Balaban J connectivity index is 2.58. The molecule has 0 bridgehead atoms. The van der Waals surface area contributed by atoms with Gasteiger partial charge in [0.1, 0.15) is 5.54 Å². The highest BCUT2D eigenvalue weighted by molar-refractivity contribution is 5.79. The van der Waals surface area contributed by atoms with Crippen LogP contribution < -0.4 is 5.73 Å². The highest BCUT2D eigenvalue weighted by atomic mass is 16.5. The van der Waals surface area contributed by atoms with E-state index in [1.54, 1.807) is 14.0 Å². The van der Waals surface area contributed by atoms with Crippen LogP contribution in [0.5, 0.6) is 0 Å². The average Bonchev–Trinajstić information content (AvgIpc) is 2.37. The van der Waals surface area contributed by atoms with Crippen LogP contribution in [0.1, 0.15) is 33.6 Å². The molecule has 0 aromatic rings. The summed E-state index contributed by atoms with van der Waals surface area (Å²) in [5.74, 6) is 0.228. The second-order valence-electron chi connectivity index (χ2n) is 6.00. The van der Waals surface area contributed by atoms with Gasteiger partial charge in [-0.2, -0.15) is 0 Å². The van der Waals surface area contributed by atoms with Gasteiger partial charge in [-0.25, -0.2) is 0 Å². The number of hydrogen-bond acceptors (Lipinski definition) is 5. The van der Waals surface area contributed by atoms with Crippen molar-refractivity contribution in [2.24, 2.45) is 11.7 Å². The van der Waals surface area contributed by atoms with E-state index in [-0.39, 0.29) is 18.1 Å². The normalized spacial score (nSPS) is 29.6. The number of methoxy groups -OCH3 is 2. The molecule has 112 valence electrons. The lowest BCUT2D eigenvalue weighted by Crippen LogP contribution is -2.54. The molecule has 5 nitrogen and oxygen atoms in total. The summed E-state index contributed by atoms with van der Waals surface area (Å²) >= 11 is 0.